The summed E-state index contributed by atoms with van der Waals surface area (Å²) in [5.41, 5.74) is 7.29. The monoisotopic (exact) mass is 261 g/mol. The molecule has 1 aliphatic rings. The van der Waals surface area contributed by atoms with Crippen LogP contribution in [0.1, 0.15) is 11.3 Å². The van der Waals surface area contributed by atoms with Gasteiger partial charge in [0.2, 0.25) is 5.95 Å². The molecule has 0 atom stereocenters. The maximum absolute atomic E-state index is 12.0. The van der Waals surface area contributed by atoms with Crippen molar-refractivity contribution in [3.05, 3.63) is 35.0 Å². The van der Waals surface area contributed by atoms with Gasteiger partial charge in [0.25, 0.3) is 0 Å². The Morgan fingerprint density at radius 2 is 2.39 bits per heavy atom. The molecule has 3 heterocycles. The Morgan fingerprint density at radius 1 is 1.50 bits per heavy atom. The molecule has 7 heteroatoms. The molecule has 0 aliphatic carbocycles. The average Bonchev–Trinajstić information content (AvgIpc) is 2.96. The molecule has 0 bridgehead atoms. The number of urea groups is 1. The zero-order chi connectivity index (χ0) is 12.5. The van der Waals surface area contributed by atoms with Gasteiger partial charge in [-0.3, -0.25) is 5.32 Å². The lowest BCUT2D eigenvalue weighted by Crippen LogP contribution is -2.29. The Bertz CT molecular complexity index is 583. The maximum Gasteiger partial charge on any atom is 0.323 e. The highest BCUT2D eigenvalue weighted by molar-refractivity contribution is 7.14. The summed E-state index contributed by atoms with van der Waals surface area (Å²) in [6, 6.07) is 3.63. The van der Waals surface area contributed by atoms with Crippen molar-refractivity contribution in [1.29, 1.82) is 0 Å². The number of hydrogen-bond acceptors (Lipinski definition) is 5. The zero-order valence-corrected chi connectivity index (χ0v) is 10.3. The first kappa shape index (κ1) is 11.0. The highest BCUT2D eigenvalue weighted by Crippen LogP contribution is 2.22. The Hall–Kier alpha value is -2.15. The van der Waals surface area contributed by atoms with Gasteiger partial charge in [-0.2, -0.15) is 0 Å². The third kappa shape index (κ3) is 2.00. The molecule has 2 amide bonds. The molecular weight excluding hydrogens is 250 g/mol. The van der Waals surface area contributed by atoms with Gasteiger partial charge in [-0.1, -0.05) is 0 Å². The molecule has 92 valence electrons. The normalized spacial score (nSPS) is 13.4. The first-order chi connectivity index (χ1) is 8.72. The lowest BCUT2D eigenvalue weighted by Gasteiger charge is -2.14. The van der Waals surface area contributed by atoms with Crippen LogP contribution in [0.15, 0.2) is 23.7 Å². The second-order valence-corrected chi connectivity index (χ2v) is 4.91. The van der Waals surface area contributed by atoms with Crippen LogP contribution in [0.5, 0.6) is 0 Å². The van der Waals surface area contributed by atoms with Gasteiger partial charge in [0.1, 0.15) is 0 Å². The van der Waals surface area contributed by atoms with E-state index >= 15 is 0 Å². The molecule has 0 unspecified atom stereocenters. The lowest BCUT2D eigenvalue weighted by molar-refractivity contribution is 0.212. The smallest absolute Gasteiger partial charge is 0.323 e. The van der Waals surface area contributed by atoms with Gasteiger partial charge in [0.15, 0.2) is 0 Å². The van der Waals surface area contributed by atoms with Crippen LogP contribution in [-0.4, -0.2) is 20.9 Å². The number of anilines is 2. The van der Waals surface area contributed by atoms with Gasteiger partial charge in [-0.05, 0) is 17.5 Å². The van der Waals surface area contributed by atoms with Crippen LogP contribution in [0.2, 0.25) is 0 Å². The summed E-state index contributed by atoms with van der Waals surface area (Å²) in [5, 5.41) is 5.59. The standard InChI is InChI=1S/C11H11N5OS/c12-10-13-4-7-5-16(6-8(7)14-10)11(17)15-9-2-1-3-18-9/h1-4H,5-6H2,(H,15,17)(H2,12,13,14). The van der Waals surface area contributed by atoms with Gasteiger partial charge in [-0.25, -0.2) is 14.8 Å². The minimum Gasteiger partial charge on any atom is -0.368 e. The number of nitrogens with two attached hydrogens (primary N) is 1. The number of aromatic nitrogens is 2. The van der Waals surface area contributed by atoms with Gasteiger partial charge in [-0.15, -0.1) is 11.3 Å². The first-order valence-electron chi connectivity index (χ1n) is 5.42. The summed E-state index contributed by atoms with van der Waals surface area (Å²) in [6.07, 6.45) is 1.68. The van der Waals surface area contributed by atoms with Crippen LogP contribution in [-0.2, 0) is 13.1 Å². The number of amides is 2. The minimum atomic E-state index is -0.131. The van der Waals surface area contributed by atoms with E-state index in [0.29, 0.717) is 13.1 Å². The number of rotatable bonds is 1. The summed E-state index contributed by atoms with van der Waals surface area (Å²) in [7, 11) is 0. The number of nitrogens with one attached hydrogen (secondary N) is 1. The first-order valence-corrected chi connectivity index (χ1v) is 6.30. The molecule has 0 aromatic carbocycles. The second kappa shape index (κ2) is 4.26. The number of hydrogen-bond donors (Lipinski definition) is 2. The molecule has 3 N–H and O–H groups in total. The fourth-order valence-corrected chi connectivity index (χ4v) is 2.45. The van der Waals surface area contributed by atoms with Crippen LogP contribution in [0.25, 0.3) is 0 Å². The van der Waals surface area contributed by atoms with Gasteiger partial charge in [0.05, 0.1) is 23.8 Å². The van der Waals surface area contributed by atoms with E-state index in [4.69, 9.17) is 5.73 Å². The van der Waals surface area contributed by atoms with Crippen LogP contribution in [0.3, 0.4) is 0 Å². The molecule has 1 aliphatic heterocycles. The molecule has 0 fully saturated rings. The van der Waals surface area contributed by atoms with Crippen LogP contribution in [0.4, 0.5) is 15.7 Å². The number of fused-ring (bicyclic) bond motifs is 1. The summed E-state index contributed by atoms with van der Waals surface area (Å²) >= 11 is 1.49. The van der Waals surface area contributed by atoms with E-state index in [1.54, 1.807) is 11.1 Å². The van der Waals surface area contributed by atoms with Gasteiger partial charge in [0, 0.05) is 11.8 Å². The molecule has 2 aromatic rings. The fraction of sp³-hybridized carbons (Fsp3) is 0.182. The van der Waals surface area contributed by atoms with E-state index in [-0.39, 0.29) is 12.0 Å². The summed E-state index contributed by atoms with van der Waals surface area (Å²) in [6.45, 7) is 0.992. The largest absolute Gasteiger partial charge is 0.368 e. The van der Waals surface area contributed by atoms with Crippen molar-refractivity contribution >= 4 is 28.3 Å². The minimum absolute atomic E-state index is 0.131. The number of nitrogen functional groups attached to an aromatic ring is 1. The lowest BCUT2D eigenvalue weighted by atomic mass is 10.3. The van der Waals surface area contributed by atoms with Crippen molar-refractivity contribution in [3.8, 4) is 0 Å². The SMILES string of the molecule is Nc1ncc2c(n1)CN(C(=O)Nc1cccs1)C2. The van der Waals surface area contributed by atoms with Crippen molar-refractivity contribution in [2.24, 2.45) is 0 Å². The van der Waals surface area contributed by atoms with Gasteiger partial charge < -0.3 is 10.6 Å². The molecule has 0 saturated heterocycles. The van der Waals surface area contributed by atoms with Crippen molar-refractivity contribution < 1.29 is 4.79 Å². The molecule has 0 radical (unpaired) electrons. The third-order valence-electron chi connectivity index (χ3n) is 2.71. The van der Waals surface area contributed by atoms with E-state index in [1.165, 1.54) is 11.3 Å². The Kier molecular flexibility index (Phi) is 2.60. The average molecular weight is 261 g/mol. The maximum atomic E-state index is 12.0. The Morgan fingerprint density at radius 3 is 3.17 bits per heavy atom. The van der Waals surface area contributed by atoms with E-state index < -0.39 is 0 Å². The Labute approximate surface area is 107 Å². The summed E-state index contributed by atoms with van der Waals surface area (Å²) in [5.74, 6) is 0.245. The number of carbonyl (C=O) groups excluding carboxylic acids is 1. The van der Waals surface area contributed by atoms with Crippen molar-refractivity contribution in [1.82, 2.24) is 14.9 Å². The van der Waals surface area contributed by atoms with E-state index in [2.05, 4.69) is 15.3 Å². The number of thiophene rings is 1. The predicted octanol–water partition coefficient (Wildman–Crippen LogP) is 1.67. The number of nitrogens with zero attached hydrogens (tertiary/aromatic N) is 3. The van der Waals surface area contributed by atoms with E-state index in [9.17, 15) is 4.79 Å². The summed E-state index contributed by atoms with van der Waals surface area (Å²) < 4.78 is 0. The molecular formula is C11H11N5OS. The van der Waals surface area contributed by atoms with Crippen LogP contribution in [0, 0.1) is 0 Å². The zero-order valence-electron chi connectivity index (χ0n) is 9.46. The van der Waals surface area contributed by atoms with Crippen LogP contribution >= 0.6 is 11.3 Å². The number of carbonyl (C=O) groups is 1. The van der Waals surface area contributed by atoms with Crippen molar-refractivity contribution in [3.63, 3.8) is 0 Å². The molecule has 0 saturated carbocycles. The Balaban J connectivity index is 1.72. The predicted molar refractivity (Wildman–Crippen MR) is 69.0 cm³/mol. The van der Waals surface area contributed by atoms with Crippen molar-refractivity contribution in [2.45, 2.75) is 13.1 Å². The highest BCUT2D eigenvalue weighted by Gasteiger charge is 2.25. The van der Waals surface area contributed by atoms with E-state index in [1.807, 2.05) is 17.5 Å². The second-order valence-electron chi connectivity index (χ2n) is 3.96. The molecule has 2 aromatic heterocycles. The van der Waals surface area contributed by atoms with E-state index in [0.717, 1.165) is 16.3 Å². The fourth-order valence-electron chi connectivity index (χ4n) is 1.85. The molecule has 0 spiro atoms. The van der Waals surface area contributed by atoms with Crippen LogP contribution < -0.4 is 11.1 Å². The molecule has 3 rings (SSSR count). The quantitative estimate of drug-likeness (QED) is 0.817. The molecule has 6 nitrogen and oxygen atoms in total. The molecule has 18 heavy (non-hydrogen) atoms. The topological polar surface area (TPSA) is 84.1 Å². The highest BCUT2D eigenvalue weighted by atomic mass is 32.1. The van der Waals surface area contributed by atoms with Gasteiger partial charge >= 0.3 is 6.03 Å². The summed E-state index contributed by atoms with van der Waals surface area (Å²) in [4.78, 5) is 21.7. The van der Waals surface area contributed by atoms with Crippen molar-refractivity contribution in [2.75, 3.05) is 11.1 Å². The third-order valence-corrected chi connectivity index (χ3v) is 3.50.